The summed E-state index contributed by atoms with van der Waals surface area (Å²) in [6.45, 7) is 2.93. The zero-order valence-corrected chi connectivity index (χ0v) is 27.0. The van der Waals surface area contributed by atoms with Crippen molar-refractivity contribution in [1.82, 2.24) is 14.5 Å². The van der Waals surface area contributed by atoms with Crippen LogP contribution in [0.25, 0.3) is 22.2 Å². The second-order valence-corrected chi connectivity index (χ2v) is 12.8. The average Bonchev–Trinajstić information content (AvgIpc) is 3.66. The number of carbonyl (C=O) groups is 2. The summed E-state index contributed by atoms with van der Waals surface area (Å²) in [5.74, 6) is -0.528. The van der Waals surface area contributed by atoms with Crippen molar-refractivity contribution >= 4 is 22.8 Å². The van der Waals surface area contributed by atoms with Gasteiger partial charge in [0.1, 0.15) is 0 Å². The molecule has 0 saturated carbocycles. The van der Waals surface area contributed by atoms with Crippen molar-refractivity contribution in [3.05, 3.63) is 161 Å². The van der Waals surface area contributed by atoms with Crippen LogP contribution in [0.3, 0.4) is 0 Å². The Morgan fingerprint density at radius 1 is 0.714 bits per heavy atom. The third kappa shape index (κ3) is 5.84. The lowest BCUT2D eigenvalue weighted by atomic mass is 9.90. The van der Waals surface area contributed by atoms with Gasteiger partial charge in [0.05, 0.1) is 60.4 Å². The maximum atomic E-state index is 13.0. The van der Waals surface area contributed by atoms with Gasteiger partial charge in [0.15, 0.2) is 6.29 Å². The Morgan fingerprint density at radius 3 is 2.16 bits per heavy atom. The molecular formula is C41H35N3O5. The number of para-hydroxylation sites is 2. The van der Waals surface area contributed by atoms with Gasteiger partial charge in [0.2, 0.25) is 0 Å². The van der Waals surface area contributed by atoms with E-state index < -0.39 is 6.29 Å². The molecule has 0 unspecified atom stereocenters. The summed E-state index contributed by atoms with van der Waals surface area (Å²) in [5, 5.41) is 9.63. The highest BCUT2D eigenvalue weighted by Crippen LogP contribution is 2.43. The summed E-state index contributed by atoms with van der Waals surface area (Å²) >= 11 is 0. The quantitative estimate of drug-likeness (QED) is 0.172. The van der Waals surface area contributed by atoms with Crippen LogP contribution in [-0.2, 0) is 29.2 Å². The van der Waals surface area contributed by atoms with Gasteiger partial charge in [-0.05, 0) is 64.2 Å². The topological polar surface area (TPSA) is 93.9 Å². The summed E-state index contributed by atoms with van der Waals surface area (Å²) in [5.41, 5.74) is 8.41. The van der Waals surface area contributed by atoms with Crippen LogP contribution in [0.5, 0.6) is 0 Å². The lowest BCUT2D eigenvalue weighted by molar-refractivity contribution is -0.276. The zero-order valence-electron chi connectivity index (χ0n) is 27.0. The third-order valence-corrected chi connectivity index (χ3v) is 9.67. The molecule has 1 aromatic heterocycles. The van der Waals surface area contributed by atoms with Crippen LogP contribution in [0.4, 0.5) is 0 Å². The fraction of sp³-hybridized carbons (Fsp3) is 0.195. The van der Waals surface area contributed by atoms with Crippen molar-refractivity contribution in [2.24, 2.45) is 5.92 Å². The Labute approximate surface area is 284 Å². The molecule has 0 aliphatic carbocycles. The van der Waals surface area contributed by atoms with Gasteiger partial charge in [-0.15, -0.1) is 0 Å². The molecule has 2 aliphatic heterocycles. The first-order valence-corrected chi connectivity index (χ1v) is 16.5. The molecule has 8 nitrogen and oxygen atoms in total. The van der Waals surface area contributed by atoms with Crippen molar-refractivity contribution in [2.45, 2.75) is 45.1 Å². The number of carbonyl (C=O) groups excluding carboxylic acids is 2. The predicted octanol–water partition coefficient (Wildman–Crippen LogP) is 7.48. The summed E-state index contributed by atoms with van der Waals surface area (Å²) in [6.07, 6.45) is 0.787. The van der Waals surface area contributed by atoms with Gasteiger partial charge in [-0.2, -0.15) is 0 Å². The SMILES string of the molecule is C[C@@H]1[C@H](Cn2cnc3ccccc32)O[C@H](c2cccc(-c3cccc(CN4C(=O)c5ccccc5C4=O)c3)c2)O[C@@H]1c1ccc(CO)cc1. The average molecular weight is 650 g/mol. The van der Waals surface area contributed by atoms with Gasteiger partial charge >= 0.3 is 0 Å². The van der Waals surface area contributed by atoms with Crippen LogP contribution >= 0.6 is 0 Å². The number of fused-ring (bicyclic) bond motifs is 2. The first-order valence-electron chi connectivity index (χ1n) is 16.5. The van der Waals surface area contributed by atoms with Gasteiger partial charge in [0.25, 0.3) is 11.8 Å². The molecule has 0 bridgehead atoms. The van der Waals surface area contributed by atoms with Crippen molar-refractivity contribution in [3.63, 3.8) is 0 Å². The summed E-state index contributed by atoms with van der Waals surface area (Å²) in [7, 11) is 0. The number of hydrogen-bond acceptors (Lipinski definition) is 6. The number of aliphatic hydroxyl groups is 1. The molecule has 6 aromatic rings. The van der Waals surface area contributed by atoms with E-state index in [1.165, 1.54) is 4.90 Å². The number of hydrogen-bond donors (Lipinski definition) is 1. The molecule has 4 atom stereocenters. The fourth-order valence-electron chi connectivity index (χ4n) is 6.96. The van der Waals surface area contributed by atoms with Gasteiger partial charge in [-0.25, -0.2) is 4.98 Å². The van der Waals surface area contributed by atoms with Crippen molar-refractivity contribution in [3.8, 4) is 11.1 Å². The second-order valence-electron chi connectivity index (χ2n) is 12.8. The van der Waals surface area contributed by atoms with Crippen LogP contribution < -0.4 is 0 Å². The Bertz CT molecular complexity index is 2140. The lowest BCUT2D eigenvalue weighted by Gasteiger charge is -2.41. The van der Waals surface area contributed by atoms with E-state index >= 15 is 0 Å². The Morgan fingerprint density at radius 2 is 1.41 bits per heavy atom. The Hall–Kier alpha value is -5.41. The summed E-state index contributed by atoms with van der Waals surface area (Å²) in [6, 6.07) is 39.0. The molecule has 1 fully saturated rings. The summed E-state index contributed by atoms with van der Waals surface area (Å²) < 4.78 is 15.7. The highest BCUT2D eigenvalue weighted by Gasteiger charge is 2.39. The number of imide groups is 1. The number of ether oxygens (including phenoxy) is 2. The molecule has 244 valence electrons. The molecule has 5 aromatic carbocycles. The van der Waals surface area contributed by atoms with Crippen LogP contribution in [0.15, 0.2) is 128 Å². The number of aliphatic hydroxyl groups excluding tert-OH is 1. The Kier molecular flexibility index (Phi) is 8.13. The van der Waals surface area contributed by atoms with E-state index in [9.17, 15) is 14.7 Å². The number of amides is 2. The molecular weight excluding hydrogens is 614 g/mol. The molecule has 0 spiro atoms. The number of rotatable bonds is 8. The standard InChI is InChI=1S/C41H35N3O5/c1-26-37(23-43-25-42-35-14-4-5-15-36(35)43)48-41(49-38(26)29-18-16-27(24-45)17-19-29)32-11-7-10-31(21-32)30-9-6-8-28(20-30)22-44-39(46)33-12-2-3-13-34(33)40(44)47/h2-21,25-26,37-38,41,45H,22-24H2,1H3/t26-,37+,38+,41+/m1/s1. The molecule has 3 heterocycles. The molecule has 2 aliphatic rings. The number of benzene rings is 5. The largest absolute Gasteiger partial charge is 0.392 e. The second kappa shape index (κ2) is 12.9. The van der Waals surface area contributed by atoms with Crippen molar-refractivity contribution in [1.29, 1.82) is 0 Å². The van der Waals surface area contributed by atoms with Crippen molar-refractivity contribution in [2.75, 3.05) is 0 Å². The molecule has 8 rings (SSSR count). The molecule has 49 heavy (non-hydrogen) atoms. The van der Waals surface area contributed by atoms with Gasteiger partial charge in [-0.1, -0.05) is 91.9 Å². The normalized spacial score (nSPS) is 20.6. The smallest absolute Gasteiger partial charge is 0.261 e. The number of aromatic nitrogens is 2. The third-order valence-electron chi connectivity index (χ3n) is 9.67. The van der Waals surface area contributed by atoms with Crippen molar-refractivity contribution < 1.29 is 24.2 Å². The molecule has 1 saturated heterocycles. The van der Waals surface area contributed by atoms with Gasteiger partial charge in [0, 0.05) is 11.5 Å². The minimum absolute atomic E-state index is 0.0133. The minimum atomic E-state index is -0.639. The molecule has 2 amide bonds. The number of imidazole rings is 1. The lowest BCUT2D eigenvalue weighted by Crippen LogP contribution is -2.39. The maximum Gasteiger partial charge on any atom is 0.261 e. The van der Waals surface area contributed by atoms with Gasteiger partial charge < -0.3 is 19.1 Å². The first kappa shape index (κ1) is 30.9. The van der Waals surface area contributed by atoms with Crippen LogP contribution in [-0.4, -0.2) is 37.5 Å². The highest BCUT2D eigenvalue weighted by atomic mass is 16.7. The van der Waals surface area contributed by atoms with E-state index in [0.29, 0.717) is 17.7 Å². The van der Waals surface area contributed by atoms with E-state index in [2.05, 4.69) is 28.6 Å². The zero-order chi connectivity index (χ0) is 33.5. The molecule has 0 radical (unpaired) electrons. The van der Waals surface area contributed by atoms with Crippen LogP contribution in [0, 0.1) is 5.92 Å². The van der Waals surface area contributed by atoms with Crippen LogP contribution in [0.2, 0.25) is 0 Å². The van der Waals surface area contributed by atoms with E-state index in [4.69, 9.17) is 9.47 Å². The Balaban J connectivity index is 1.08. The van der Waals surface area contributed by atoms with Crippen LogP contribution in [0.1, 0.15) is 62.3 Å². The predicted molar refractivity (Wildman–Crippen MR) is 185 cm³/mol. The first-order chi connectivity index (χ1) is 24.0. The summed E-state index contributed by atoms with van der Waals surface area (Å²) in [4.78, 5) is 32.0. The van der Waals surface area contributed by atoms with E-state index in [1.54, 1.807) is 24.3 Å². The molecule has 8 heteroatoms. The van der Waals surface area contributed by atoms with E-state index in [-0.39, 0.29) is 43.1 Å². The van der Waals surface area contributed by atoms with Gasteiger partial charge in [-0.3, -0.25) is 14.5 Å². The van der Waals surface area contributed by atoms with E-state index in [0.717, 1.165) is 44.4 Å². The molecule has 1 N–H and O–H groups in total. The highest BCUT2D eigenvalue weighted by molar-refractivity contribution is 6.21. The fourth-order valence-corrected chi connectivity index (χ4v) is 6.96. The van der Waals surface area contributed by atoms with E-state index in [1.807, 2.05) is 91.3 Å². The maximum absolute atomic E-state index is 13.0. The minimum Gasteiger partial charge on any atom is -0.392 e. The monoisotopic (exact) mass is 649 g/mol. The number of nitrogens with zero attached hydrogens (tertiary/aromatic N) is 3.